The molecule has 0 saturated heterocycles. The van der Waals surface area contributed by atoms with Crippen LogP contribution in [0.1, 0.15) is 22.3 Å². The van der Waals surface area contributed by atoms with Crippen molar-refractivity contribution in [2.24, 2.45) is 0 Å². The van der Waals surface area contributed by atoms with E-state index in [1.54, 1.807) is 13.2 Å². The summed E-state index contributed by atoms with van der Waals surface area (Å²) in [6, 6.07) is 15.8. The van der Waals surface area contributed by atoms with Crippen LogP contribution in [0.2, 0.25) is 0 Å². The van der Waals surface area contributed by atoms with Crippen molar-refractivity contribution in [3.05, 3.63) is 76.2 Å². The normalized spacial score (nSPS) is 16.2. The summed E-state index contributed by atoms with van der Waals surface area (Å²) in [5.41, 5.74) is 3.92. The Morgan fingerprint density at radius 2 is 1.68 bits per heavy atom. The number of rotatable bonds is 6. The molecule has 0 amide bonds. The summed E-state index contributed by atoms with van der Waals surface area (Å²) >= 11 is 0. The Morgan fingerprint density at radius 3 is 2.24 bits per heavy atom. The molecule has 0 unspecified atom stereocenters. The van der Waals surface area contributed by atoms with Gasteiger partial charge in [0.15, 0.2) is 0 Å². The summed E-state index contributed by atoms with van der Waals surface area (Å²) in [6.07, 6.45) is 3.03. The van der Waals surface area contributed by atoms with Crippen LogP contribution >= 0.6 is 0 Å². The zero-order chi connectivity index (χ0) is 17.9. The zero-order valence-electron chi connectivity index (χ0n) is 14.5. The SMILES string of the molecule is COC1(CNS(=O)(=O)C=Cc2ccc(C)cc2)Cc2ccccc2C1. The molecule has 0 spiro atoms. The van der Waals surface area contributed by atoms with E-state index in [9.17, 15) is 8.42 Å². The third-order valence-electron chi connectivity index (χ3n) is 4.69. The highest BCUT2D eigenvalue weighted by Crippen LogP contribution is 2.32. The molecular formula is C20H23NO3S. The second kappa shape index (κ2) is 7.12. The standard InChI is InChI=1S/C20H23NO3S/c1-16-7-9-17(10-8-16)11-12-25(22,23)21-15-20(24-2)13-18-5-3-4-6-19(18)14-20/h3-12,21H,13-15H2,1-2H3. The fraction of sp³-hybridized carbons (Fsp3) is 0.300. The molecule has 2 aromatic rings. The van der Waals surface area contributed by atoms with Gasteiger partial charge in [0.1, 0.15) is 0 Å². The number of hydrogen-bond donors (Lipinski definition) is 1. The molecule has 0 atom stereocenters. The molecule has 0 saturated carbocycles. The lowest BCUT2D eigenvalue weighted by Crippen LogP contribution is -2.44. The minimum atomic E-state index is -3.52. The molecule has 132 valence electrons. The van der Waals surface area contributed by atoms with Gasteiger partial charge in [-0.25, -0.2) is 13.1 Å². The average Bonchev–Trinajstić information content (AvgIpc) is 2.99. The van der Waals surface area contributed by atoms with Gasteiger partial charge >= 0.3 is 0 Å². The van der Waals surface area contributed by atoms with Gasteiger partial charge in [-0.05, 0) is 29.7 Å². The van der Waals surface area contributed by atoms with Crippen LogP contribution in [-0.2, 0) is 27.6 Å². The fourth-order valence-electron chi connectivity index (χ4n) is 3.13. The average molecular weight is 357 g/mol. The molecule has 0 aliphatic heterocycles. The maximum Gasteiger partial charge on any atom is 0.233 e. The largest absolute Gasteiger partial charge is 0.376 e. The first-order valence-corrected chi connectivity index (χ1v) is 9.82. The lowest BCUT2D eigenvalue weighted by molar-refractivity contribution is 0.00384. The van der Waals surface area contributed by atoms with Crippen molar-refractivity contribution in [2.75, 3.05) is 13.7 Å². The van der Waals surface area contributed by atoms with Crippen LogP contribution in [0.3, 0.4) is 0 Å². The van der Waals surface area contributed by atoms with Crippen molar-refractivity contribution in [2.45, 2.75) is 25.4 Å². The summed E-state index contributed by atoms with van der Waals surface area (Å²) in [4.78, 5) is 0. The van der Waals surface area contributed by atoms with Crippen molar-refractivity contribution < 1.29 is 13.2 Å². The minimum Gasteiger partial charge on any atom is -0.376 e. The molecule has 1 aliphatic rings. The number of aryl methyl sites for hydroxylation is 1. The highest BCUT2D eigenvalue weighted by molar-refractivity contribution is 7.92. The number of benzene rings is 2. The van der Waals surface area contributed by atoms with E-state index >= 15 is 0 Å². The molecule has 5 heteroatoms. The van der Waals surface area contributed by atoms with E-state index < -0.39 is 15.6 Å². The quantitative estimate of drug-likeness (QED) is 0.864. The highest BCUT2D eigenvalue weighted by atomic mass is 32.2. The predicted molar refractivity (Wildman–Crippen MR) is 101 cm³/mol. The molecule has 4 nitrogen and oxygen atoms in total. The molecule has 1 aliphatic carbocycles. The van der Waals surface area contributed by atoms with Gasteiger partial charge in [-0.15, -0.1) is 0 Å². The van der Waals surface area contributed by atoms with Gasteiger partial charge in [-0.3, -0.25) is 0 Å². The van der Waals surface area contributed by atoms with E-state index in [2.05, 4.69) is 16.9 Å². The Morgan fingerprint density at radius 1 is 1.08 bits per heavy atom. The smallest absolute Gasteiger partial charge is 0.233 e. The summed E-state index contributed by atoms with van der Waals surface area (Å²) < 4.78 is 33.0. The van der Waals surface area contributed by atoms with Gasteiger partial charge in [-0.2, -0.15) is 0 Å². The molecular weight excluding hydrogens is 334 g/mol. The Labute approximate surface area is 149 Å². The summed E-state index contributed by atoms with van der Waals surface area (Å²) in [7, 11) is -1.88. The predicted octanol–water partition coefficient (Wildman–Crippen LogP) is 3.07. The van der Waals surface area contributed by atoms with E-state index in [0.29, 0.717) is 12.8 Å². The number of sulfonamides is 1. The molecule has 1 N–H and O–H groups in total. The maximum atomic E-state index is 12.3. The Kier molecular flexibility index (Phi) is 5.08. The van der Waals surface area contributed by atoms with Crippen LogP contribution in [0.4, 0.5) is 0 Å². The molecule has 0 radical (unpaired) electrons. The summed E-state index contributed by atoms with van der Waals surface area (Å²) in [5.74, 6) is 0. The Balaban J connectivity index is 1.66. The molecule has 0 aromatic heterocycles. The molecule has 3 rings (SSSR count). The number of fused-ring (bicyclic) bond motifs is 1. The van der Waals surface area contributed by atoms with Crippen LogP contribution in [0, 0.1) is 6.92 Å². The van der Waals surface area contributed by atoms with Crippen LogP contribution in [0.5, 0.6) is 0 Å². The van der Waals surface area contributed by atoms with Crippen molar-refractivity contribution in [1.29, 1.82) is 0 Å². The Hall–Kier alpha value is -1.95. The number of hydrogen-bond acceptors (Lipinski definition) is 3. The summed E-state index contributed by atoms with van der Waals surface area (Å²) in [6.45, 7) is 2.24. The van der Waals surface area contributed by atoms with Crippen LogP contribution in [0.25, 0.3) is 6.08 Å². The van der Waals surface area contributed by atoms with E-state index in [1.165, 1.54) is 16.5 Å². The third kappa shape index (κ3) is 4.37. The first-order chi connectivity index (χ1) is 11.9. The van der Waals surface area contributed by atoms with Crippen molar-refractivity contribution in [3.63, 3.8) is 0 Å². The zero-order valence-corrected chi connectivity index (χ0v) is 15.3. The third-order valence-corrected chi connectivity index (χ3v) is 5.73. The van der Waals surface area contributed by atoms with Crippen molar-refractivity contribution in [1.82, 2.24) is 4.72 Å². The van der Waals surface area contributed by atoms with Gasteiger partial charge in [-0.1, -0.05) is 54.1 Å². The van der Waals surface area contributed by atoms with E-state index in [-0.39, 0.29) is 6.54 Å². The second-order valence-electron chi connectivity index (χ2n) is 6.59. The lowest BCUT2D eigenvalue weighted by Gasteiger charge is -2.27. The molecule has 25 heavy (non-hydrogen) atoms. The number of nitrogens with one attached hydrogen (secondary N) is 1. The van der Waals surface area contributed by atoms with Gasteiger partial charge in [0.25, 0.3) is 0 Å². The molecule has 0 bridgehead atoms. The fourth-order valence-corrected chi connectivity index (χ4v) is 4.02. The lowest BCUT2D eigenvalue weighted by atomic mass is 10.0. The minimum absolute atomic E-state index is 0.249. The second-order valence-corrected chi connectivity index (χ2v) is 8.24. The summed E-state index contributed by atoms with van der Waals surface area (Å²) in [5, 5.41) is 1.21. The van der Waals surface area contributed by atoms with Gasteiger partial charge in [0, 0.05) is 31.9 Å². The topological polar surface area (TPSA) is 55.4 Å². The van der Waals surface area contributed by atoms with Crippen LogP contribution in [0.15, 0.2) is 53.9 Å². The maximum absolute atomic E-state index is 12.3. The van der Waals surface area contributed by atoms with Gasteiger partial charge in [0.05, 0.1) is 5.60 Å². The molecule has 0 heterocycles. The molecule has 2 aromatic carbocycles. The number of methoxy groups -OCH3 is 1. The van der Waals surface area contributed by atoms with Crippen molar-refractivity contribution in [3.8, 4) is 0 Å². The number of ether oxygens (including phenoxy) is 1. The highest BCUT2D eigenvalue weighted by Gasteiger charge is 2.37. The van der Waals surface area contributed by atoms with E-state index in [0.717, 1.165) is 11.1 Å². The van der Waals surface area contributed by atoms with E-state index in [1.807, 2.05) is 43.3 Å². The first kappa shape index (κ1) is 17.9. The van der Waals surface area contributed by atoms with Gasteiger partial charge in [0.2, 0.25) is 10.0 Å². The van der Waals surface area contributed by atoms with Gasteiger partial charge < -0.3 is 4.74 Å². The first-order valence-electron chi connectivity index (χ1n) is 8.28. The van der Waals surface area contributed by atoms with Crippen molar-refractivity contribution >= 4 is 16.1 Å². The monoisotopic (exact) mass is 357 g/mol. The van der Waals surface area contributed by atoms with E-state index in [4.69, 9.17) is 4.74 Å². The van der Waals surface area contributed by atoms with Crippen LogP contribution < -0.4 is 4.72 Å². The molecule has 0 fully saturated rings. The Bertz CT molecular complexity index is 845. The van der Waals surface area contributed by atoms with Crippen LogP contribution in [-0.4, -0.2) is 27.7 Å².